The van der Waals surface area contributed by atoms with E-state index in [1.807, 2.05) is 48.7 Å². The van der Waals surface area contributed by atoms with Crippen LogP contribution in [0.3, 0.4) is 0 Å². The molecule has 0 aliphatic heterocycles. The molecule has 0 fully saturated rings. The first-order chi connectivity index (χ1) is 16.3. The van der Waals surface area contributed by atoms with E-state index in [4.69, 9.17) is 0 Å². The van der Waals surface area contributed by atoms with Gasteiger partial charge in [-0.15, -0.1) is 0 Å². The lowest BCUT2D eigenvalue weighted by Crippen LogP contribution is -2.41. The van der Waals surface area contributed by atoms with Gasteiger partial charge >= 0.3 is 6.98 Å². The summed E-state index contributed by atoms with van der Waals surface area (Å²) in [6, 6.07) is 24.3. The summed E-state index contributed by atoms with van der Waals surface area (Å²) >= 11 is 0. The van der Waals surface area contributed by atoms with Crippen molar-refractivity contribution in [2.24, 2.45) is 0 Å². The van der Waals surface area contributed by atoms with Gasteiger partial charge in [0, 0.05) is 5.56 Å². The summed E-state index contributed by atoms with van der Waals surface area (Å²) in [6.07, 6.45) is 1.84. The van der Waals surface area contributed by atoms with E-state index in [0.29, 0.717) is 5.75 Å². The van der Waals surface area contributed by atoms with E-state index in [0.717, 1.165) is 10.5 Å². The zero-order valence-electron chi connectivity index (χ0n) is 18.1. The van der Waals surface area contributed by atoms with Gasteiger partial charge in [-0.1, -0.05) is 58.8 Å². The molecule has 4 aromatic carbocycles. The second-order valence-corrected chi connectivity index (χ2v) is 10.5. The van der Waals surface area contributed by atoms with Gasteiger partial charge in [0.2, 0.25) is 0 Å². The molecule has 0 aliphatic carbocycles. The lowest BCUT2D eigenvalue weighted by molar-refractivity contribution is 0.377. The molecule has 0 saturated carbocycles. The molecule has 0 N–H and O–H groups in total. The molecule has 1 nitrogen and oxygen atoms in total. The molecule has 11 heteroatoms. The smallest absolute Gasteiger partial charge is 0.445 e. The van der Waals surface area contributed by atoms with Gasteiger partial charge in [-0.25, -0.2) is 22.0 Å². The highest BCUT2D eigenvalue weighted by Crippen LogP contribution is 2.24. The highest BCUT2D eigenvalue weighted by molar-refractivity contribution is 8.01. The zero-order valence-corrected chi connectivity index (χ0v) is 18.9. The summed E-state index contributed by atoms with van der Waals surface area (Å²) in [5, 5.41) is 2.42. The third-order valence-corrected chi connectivity index (χ3v) is 7.22. The maximum atomic E-state index is 12.9. The Hall–Kier alpha value is -3.21. The molecule has 0 heterocycles. The fourth-order valence-electron chi connectivity index (χ4n) is 3.35. The lowest BCUT2D eigenvalue weighted by atomic mass is 9.79. The molecule has 0 aliphatic rings. The number of halogens is 8. The van der Waals surface area contributed by atoms with E-state index in [9.17, 15) is 39.1 Å². The second-order valence-electron chi connectivity index (χ2n) is 7.70. The third kappa shape index (κ3) is 5.90. The molecular weight excluding hydrogens is 499 g/mol. The highest BCUT2D eigenvalue weighted by atomic mass is 32.2. The van der Waals surface area contributed by atoms with Gasteiger partial charge in [-0.05, 0) is 34.4 Å². The van der Waals surface area contributed by atoms with Crippen LogP contribution in [0.4, 0.5) is 34.9 Å². The van der Waals surface area contributed by atoms with Crippen LogP contribution < -0.4 is 5.46 Å². The number of hydrogen-bond donors (Lipinski definition) is 0. The Morgan fingerprint density at radius 2 is 1.14 bits per heavy atom. The summed E-state index contributed by atoms with van der Waals surface area (Å²) in [7, 11) is -2.03. The summed E-state index contributed by atoms with van der Waals surface area (Å²) in [4.78, 5) is 0.924. The van der Waals surface area contributed by atoms with E-state index in [1.165, 1.54) is 10.8 Å². The first-order valence-electron chi connectivity index (χ1n) is 10.0. The van der Waals surface area contributed by atoms with Crippen LogP contribution in [-0.2, 0) is 19.9 Å². The minimum Gasteiger partial charge on any atom is -0.445 e. The molecule has 4 rings (SSSR count). The molecule has 0 spiro atoms. The van der Waals surface area contributed by atoms with Crippen LogP contribution >= 0.6 is 0 Å². The van der Waals surface area contributed by atoms with Crippen LogP contribution in [0.2, 0.25) is 0 Å². The van der Waals surface area contributed by atoms with Gasteiger partial charge in [0.1, 0.15) is 33.6 Å². The molecule has 0 aromatic heterocycles. The van der Waals surface area contributed by atoms with Crippen LogP contribution in [0.5, 0.6) is 0 Å². The minimum atomic E-state index is -6.30. The highest BCUT2D eigenvalue weighted by Gasteiger charge is 2.37. The van der Waals surface area contributed by atoms with Crippen molar-refractivity contribution in [1.82, 2.24) is 0 Å². The van der Waals surface area contributed by atoms with Crippen molar-refractivity contribution in [3.63, 3.8) is 0 Å². The van der Waals surface area contributed by atoms with E-state index < -0.39 is 51.5 Å². The van der Waals surface area contributed by atoms with Crippen LogP contribution in [0, 0.1) is 29.1 Å². The first-order valence-corrected chi connectivity index (χ1v) is 12.2. The number of benzene rings is 4. The van der Waals surface area contributed by atoms with Crippen LogP contribution in [0.1, 0.15) is 5.56 Å². The first kappa shape index (κ1) is 26.4. The topological polar surface area (TPSA) is 17.1 Å². The Bertz CT molecular complexity index is 1380. The molecular formula is C24H17BF8OS. The van der Waals surface area contributed by atoms with Crippen molar-refractivity contribution in [2.45, 2.75) is 10.6 Å². The Morgan fingerprint density at radius 1 is 0.657 bits per heavy atom. The predicted molar refractivity (Wildman–Crippen MR) is 121 cm³/mol. The summed E-state index contributed by atoms with van der Waals surface area (Å²) in [5.74, 6) is -13.0. The van der Waals surface area contributed by atoms with E-state index >= 15 is 0 Å². The Labute approximate surface area is 196 Å². The molecule has 0 bridgehead atoms. The number of rotatable bonds is 4. The van der Waals surface area contributed by atoms with Crippen molar-refractivity contribution in [1.29, 1.82) is 0 Å². The van der Waals surface area contributed by atoms with Crippen LogP contribution in [-0.4, -0.2) is 13.2 Å². The quantitative estimate of drug-likeness (QED) is 0.0943. The van der Waals surface area contributed by atoms with Crippen molar-refractivity contribution >= 4 is 33.1 Å². The van der Waals surface area contributed by atoms with Gasteiger partial charge < -0.3 is 12.9 Å². The maximum absolute atomic E-state index is 12.9. The number of fused-ring (bicyclic) bond motifs is 1. The normalized spacial score (nSPS) is 13.2. The molecule has 184 valence electrons. The van der Waals surface area contributed by atoms with E-state index in [-0.39, 0.29) is 0 Å². The van der Waals surface area contributed by atoms with Gasteiger partial charge in [0.05, 0.1) is 0 Å². The third-order valence-electron chi connectivity index (χ3n) is 5.07. The molecule has 0 radical (unpaired) electrons. The molecule has 0 saturated heterocycles. The van der Waals surface area contributed by atoms with Gasteiger partial charge in [-0.3, -0.25) is 0 Å². The summed E-state index contributed by atoms with van der Waals surface area (Å²) in [6.45, 7) is -6.30. The van der Waals surface area contributed by atoms with E-state index in [1.54, 1.807) is 0 Å². The Kier molecular flexibility index (Phi) is 7.69. The largest absolute Gasteiger partial charge is 0.515 e. The fraction of sp³-hybridized carbons (Fsp3) is 0.0833. The molecule has 1 atom stereocenters. The molecule has 4 aromatic rings. The lowest BCUT2D eigenvalue weighted by Gasteiger charge is -2.17. The zero-order chi connectivity index (χ0) is 26.0. The van der Waals surface area contributed by atoms with Crippen LogP contribution in [0.15, 0.2) is 77.7 Å². The van der Waals surface area contributed by atoms with Gasteiger partial charge in [0.15, 0.2) is 22.3 Å². The average molecular weight is 516 g/mol. The molecule has 35 heavy (non-hydrogen) atoms. The predicted octanol–water partition coefficient (Wildman–Crippen LogP) is 6.96. The SMILES string of the molecule is C[S+](=O)(Cc1ccc2ccccc2c1)c1ccccc1.Fc1c(F)c(F)c([B-](F)(F)F)c(F)c1F. The van der Waals surface area contributed by atoms with Gasteiger partial charge in [-0.2, -0.15) is 0 Å². The number of hydrogen-bond acceptors (Lipinski definition) is 1. The molecule has 0 amide bonds. The van der Waals surface area contributed by atoms with E-state index in [2.05, 4.69) is 30.3 Å². The minimum absolute atomic E-state index is 0.585. The van der Waals surface area contributed by atoms with Crippen molar-refractivity contribution < 1.29 is 39.1 Å². The monoisotopic (exact) mass is 516 g/mol. The summed E-state index contributed by atoms with van der Waals surface area (Å²) < 4.78 is 110. The maximum Gasteiger partial charge on any atom is 0.515 e. The Balaban J connectivity index is 0.000000205. The summed E-state index contributed by atoms with van der Waals surface area (Å²) in [5.41, 5.74) is -1.61. The Morgan fingerprint density at radius 3 is 1.69 bits per heavy atom. The van der Waals surface area contributed by atoms with Crippen molar-refractivity contribution in [3.8, 4) is 0 Å². The van der Waals surface area contributed by atoms with Crippen LogP contribution in [0.25, 0.3) is 10.8 Å². The van der Waals surface area contributed by atoms with Crippen molar-refractivity contribution in [3.05, 3.63) is 107 Å². The van der Waals surface area contributed by atoms with Gasteiger partial charge in [0.25, 0.3) is 0 Å². The fourth-order valence-corrected chi connectivity index (χ4v) is 5.06. The standard InChI is InChI=1S/C18H17OS.C6BF8/c1-20(19,18-9-3-2-4-10-18)14-15-11-12-16-7-5-6-8-17(16)13-15;8-2-1(7(13,14)15)3(9)5(11)6(12)4(2)10/h2-13H,14H2,1H3;/q+1;-1. The second kappa shape index (κ2) is 10.2. The molecule has 1 unspecified atom stereocenters. The van der Waals surface area contributed by atoms with Crippen molar-refractivity contribution in [2.75, 3.05) is 6.26 Å². The average Bonchev–Trinajstić information content (AvgIpc) is 2.81.